The van der Waals surface area contributed by atoms with Gasteiger partial charge in [-0.05, 0) is 23.2 Å². The number of aliphatic carboxylic acids is 1. The zero-order valence-corrected chi connectivity index (χ0v) is 15.7. The van der Waals surface area contributed by atoms with Gasteiger partial charge in [0.05, 0.1) is 0 Å². The van der Waals surface area contributed by atoms with Gasteiger partial charge >= 0.3 is 5.97 Å². The summed E-state index contributed by atoms with van der Waals surface area (Å²) in [7, 11) is -1.83. The molecule has 24 heavy (non-hydrogen) atoms. The lowest BCUT2D eigenvalue weighted by Gasteiger charge is -2.31. The molecule has 1 atom stereocenters. The first kappa shape index (κ1) is 19.9. The summed E-state index contributed by atoms with van der Waals surface area (Å²) in [4.78, 5) is 23.4. The van der Waals surface area contributed by atoms with Crippen LogP contribution in [0.3, 0.4) is 0 Å². The Morgan fingerprint density at radius 2 is 1.96 bits per heavy atom. The molecule has 4 nitrogen and oxygen atoms in total. The van der Waals surface area contributed by atoms with Crippen molar-refractivity contribution >= 4 is 20.0 Å². The van der Waals surface area contributed by atoms with Crippen molar-refractivity contribution in [3.63, 3.8) is 0 Å². The number of amides is 1. The Morgan fingerprint density at radius 1 is 1.33 bits per heavy atom. The molecule has 0 fully saturated rings. The molecule has 0 saturated heterocycles. The van der Waals surface area contributed by atoms with Gasteiger partial charge in [0.15, 0.2) is 0 Å². The summed E-state index contributed by atoms with van der Waals surface area (Å²) in [5, 5.41) is 11.7. The Morgan fingerprint density at radius 3 is 2.46 bits per heavy atom. The van der Waals surface area contributed by atoms with Gasteiger partial charge in [-0.15, -0.1) is 11.5 Å². The summed E-state index contributed by atoms with van der Waals surface area (Å²) in [6.45, 7) is 10.6. The van der Waals surface area contributed by atoms with E-state index in [1.165, 1.54) is 18.2 Å². The van der Waals surface area contributed by atoms with Crippen LogP contribution in [0.15, 0.2) is 24.3 Å². The maximum absolute atomic E-state index is 13.2. The predicted molar refractivity (Wildman–Crippen MR) is 94.9 cm³/mol. The third kappa shape index (κ3) is 5.50. The van der Waals surface area contributed by atoms with Gasteiger partial charge < -0.3 is 10.4 Å². The maximum Gasteiger partial charge on any atom is 0.327 e. The van der Waals surface area contributed by atoms with E-state index in [4.69, 9.17) is 0 Å². The number of nitrogens with one attached hydrogen (secondary N) is 1. The Kier molecular flexibility index (Phi) is 6.33. The normalized spacial score (nSPS) is 12.8. The molecule has 0 radical (unpaired) electrons. The van der Waals surface area contributed by atoms with Crippen molar-refractivity contribution in [1.29, 1.82) is 0 Å². The second-order valence-corrected chi connectivity index (χ2v) is 12.3. The Hall–Kier alpha value is -2.13. The zero-order valence-electron chi connectivity index (χ0n) is 14.7. The van der Waals surface area contributed by atoms with Gasteiger partial charge in [0.1, 0.15) is 19.9 Å². The second-order valence-electron chi connectivity index (χ2n) is 7.26. The van der Waals surface area contributed by atoms with Crippen molar-refractivity contribution in [2.24, 2.45) is 0 Å². The molecule has 0 aromatic heterocycles. The Balaban J connectivity index is 2.83. The van der Waals surface area contributed by atoms with Gasteiger partial charge in [-0.2, -0.15) is 0 Å². The molecule has 0 aliphatic heterocycles. The van der Waals surface area contributed by atoms with Crippen LogP contribution in [0, 0.1) is 17.3 Å². The molecule has 0 aliphatic rings. The SMILES string of the molecule is CC(C)(C)[Si](C)(C)C#CC[C@H](NC(=O)c1cccc(F)c1)C(=O)O. The van der Waals surface area contributed by atoms with E-state index in [0.29, 0.717) is 0 Å². The standard InChI is InChI=1S/C18H24FNO3Si/c1-18(2,3)24(4,5)11-7-10-15(17(22)23)20-16(21)13-8-6-9-14(19)12-13/h6,8-9,12,15H,10H2,1-5H3,(H,20,21)(H,22,23)/t15-/m0/s1. The number of carboxylic acids is 1. The van der Waals surface area contributed by atoms with Crippen LogP contribution in [0.25, 0.3) is 0 Å². The van der Waals surface area contributed by atoms with E-state index in [1.807, 2.05) is 0 Å². The lowest BCUT2D eigenvalue weighted by molar-refractivity contribution is -0.139. The van der Waals surface area contributed by atoms with Crippen LogP contribution < -0.4 is 5.32 Å². The van der Waals surface area contributed by atoms with Crippen LogP contribution in [-0.4, -0.2) is 31.1 Å². The van der Waals surface area contributed by atoms with Gasteiger partial charge in [0.25, 0.3) is 5.91 Å². The van der Waals surface area contributed by atoms with Crippen molar-refractivity contribution in [3.8, 4) is 11.5 Å². The molecule has 0 spiro atoms. The molecule has 2 N–H and O–H groups in total. The van der Waals surface area contributed by atoms with Gasteiger partial charge in [-0.25, -0.2) is 9.18 Å². The van der Waals surface area contributed by atoms with Gasteiger partial charge in [-0.3, -0.25) is 4.79 Å². The van der Waals surface area contributed by atoms with Crippen molar-refractivity contribution in [2.75, 3.05) is 0 Å². The highest BCUT2D eigenvalue weighted by molar-refractivity contribution is 6.87. The largest absolute Gasteiger partial charge is 0.480 e. The number of carbonyl (C=O) groups excluding carboxylic acids is 1. The molecule has 6 heteroatoms. The Labute approximate surface area is 143 Å². The summed E-state index contributed by atoms with van der Waals surface area (Å²) < 4.78 is 13.2. The highest BCUT2D eigenvalue weighted by Gasteiger charge is 2.33. The molecule has 0 heterocycles. The van der Waals surface area contributed by atoms with E-state index < -0.39 is 31.8 Å². The Bertz CT molecular complexity index is 683. The molecule has 1 aromatic rings. The average molecular weight is 349 g/mol. The summed E-state index contributed by atoms with van der Waals surface area (Å²) in [5.41, 5.74) is 3.30. The molecule has 0 bridgehead atoms. The van der Waals surface area contributed by atoms with Crippen molar-refractivity contribution < 1.29 is 19.1 Å². The van der Waals surface area contributed by atoms with Gasteiger partial charge in [0, 0.05) is 12.0 Å². The fourth-order valence-corrected chi connectivity index (χ4v) is 2.55. The van der Waals surface area contributed by atoms with E-state index in [1.54, 1.807) is 0 Å². The highest BCUT2D eigenvalue weighted by atomic mass is 28.3. The zero-order chi connectivity index (χ0) is 18.5. The average Bonchev–Trinajstić information content (AvgIpc) is 2.44. The molecule has 1 amide bonds. The summed E-state index contributed by atoms with van der Waals surface area (Å²) >= 11 is 0. The van der Waals surface area contributed by atoms with Crippen LogP contribution in [-0.2, 0) is 4.79 Å². The topological polar surface area (TPSA) is 66.4 Å². The van der Waals surface area contributed by atoms with E-state index in [9.17, 15) is 19.1 Å². The lowest BCUT2D eigenvalue weighted by Crippen LogP contribution is -2.41. The number of rotatable bonds is 4. The van der Waals surface area contributed by atoms with Gasteiger partial charge in [-0.1, -0.05) is 39.9 Å². The molecule has 0 unspecified atom stereocenters. The highest BCUT2D eigenvalue weighted by Crippen LogP contribution is 2.35. The van der Waals surface area contributed by atoms with Crippen molar-refractivity contribution in [2.45, 2.75) is 51.4 Å². The fourth-order valence-electron chi connectivity index (χ4n) is 1.63. The van der Waals surface area contributed by atoms with Crippen molar-refractivity contribution in [3.05, 3.63) is 35.6 Å². The third-order valence-corrected chi connectivity index (χ3v) is 8.82. The number of halogens is 1. The minimum absolute atomic E-state index is 0.0168. The monoisotopic (exact) mass is 349 g/mol. The first-order valence-corrected chi connectivity index (χ1v) is 10.7. The molecule has 1 aromatic carbocycles. The molecule has 130 valence electrons. The summed E-state index contributed by atoms with van der Waals surface area (Å²) in [6.07, 6.45) is 0.0168. The third-order valence-electron chi connectivity index (χ3n) is 4.27. The number of hydrogen-bond acceptors (Lipinski definition) is 2. The van der Waals surface area contributed by atoms with E-state index in [0.717, 1.165) is 6.07 Å². The molecule has 1 rings (SSSR count). The minimum Gasteiger partial charge on any atom is -0.480 e. The smallest absolute Gasteiger partial charge is 0.327 e. The molecule has 0 aliphatic carbocycles. The number of carboxylic acid groups (broad SMARTS) is 1. The van der Waals surface area contributed by atoms with Crippen LogP contribution in [0.5, 0.6) is 0 Å². The molecule has 0 saturated carbocycles. The molecular formula is C18H24FNO3Si. The summed E-state index contributed by atoms with van der Waals surface area (Å²) in [5.74, 6) is 0.584. The molecular weight excluding hydrogens is 325 g/mol. The maximum atomic E-state index is 13.2. The van der Waals surface area contributed by atoms with E-state index in [-0.39, 0.29) is 17.0 Å². The van der Waals surface area contributed by atoms with E-state index >= 15 is 0 Å². The second kappa shape index (κ2) is 7.62. The predicted octanol–water partition coefficient (Wildman–Crippen LogP) is 3.45. The van der Waals surface area contributed by atoms with Crippen molar-refractivity contribution in [1.82, 2.24) is 5.32 Å². The summed E-state index contributed by atoms with van der Waals surface area (Å²) in [6, 6.07) is 3.99. The number of hydrogen-bond donors (Lipinski definition) is 2. The number of carbonyl (C=O) groups is 2. The van der Waals surface area contributed by atoms with Crippen LogP contribution >= 0.6 is 0 Å². The van der Waals surface area contributed by atoms with Crippen LogP contribution in [0.1, 0.15) is 37.6 Å². The van der Waals surface area contributed by atoms with Gasteiger partial charge in [0.2, 0.25) is 0 Å². The first-order valence-electron chi connectivity index (χ1n) is 7.73. The van der Waals surface area contributed by atoms with Crippen LogP contribution in [0.4, 0.5) is 4.39 Å². The first-order chi connectivity index (χ1) is 10.9. The quantitative estimate of drug-likeness (QED) is 0.646. The van der Waals surface area contributed by atoms with E-state index in [2.05, 4.69) is 50.6 Å². The number of benzene rings is 1. The minimum atomic E-state index is -1.83. The lowest BCUT2D eigenvalue weighted by atomic mass is 10.1. The fraction of sp³-hybridized carbons (Fsp3) is 0.444. The van der Waals surface area contributed by atoms with Crippen LogP contribution in [0.2, 0.25) is 18.1 Å².